The zero-order valence-corrected chi connectivity index (χ0v) is 8.65. The largest absolute Gasteiger partial charge is 0.708 e. The number of hydrogen-bond donors (Lipinski definition) is 2. The molecule has 0 amide bonds. The molecule has 3 nitrogen and oxygen atoms in total. The van der Waals surface area contributed by atoms with E-state index in [-0.39, 0.29) is 0 Å². The summed E-state index contributed by atoms with van der Waals surface area (Å²) < 4.78 is 4.75. The number of benzene rings is 1. The summed E-state index contributed by atoms with van der Waals surface area (Å²) in [7, 11) is -1.76. The van der Waals surface area contributed by atoms with E-state index in [1.807, 2.05) is 36.4 Å². The van der Waals surface area contributed by atoms with E-state index in [1.165, 1.54) is 11.3 Å². The van der Waals surface area contributed by atoms with E-state index in [0.717, 1.165) is 10.4 Å². The van der Waals surface area contributed by atoms with E-state index in [1.54, 1.807) is 6.07 Å². The average Bonchev–Trinajstić information content (AvgIpc) is 2.67. The zero-order chi connectivity index (χ0) is 10.7. The minimum atomic E-state index is -1.76. The molecule has 2 N–H and O–H groups in total. The maximum Gasteiger partial charge on any atom is 0.708 e. The molecule has 0 aliphatic heterocycles. The fourth-order valence-corrected chi connectivity index (χ4v) is 2.12. The van der Waals surface area contributed by atoms with E-state index in [2.05, 4.69) is 0 Å². The first-order valence-corrected chi connectivity index (χ1v) is 5.25. The molecule has 1 aromatic heterocycles. The van der Waals surface area contributed by atoms with Gasteiger partial charge in [0.15, 0.2) is 5.06 Å². The van der Waals surface area contributed by atoms with Crippen LogP contribution in [0.4, 0.5) is 0 Å². The molecule has 0 atom stereocenters. The van der Waals surface area contributed by atoms with E-state index in [0.29, 0.717) is 5.06 Å². The zero-order valence-electron chi connectivity index (χ0n) is 7.83. The Labute approximate surface area is 91.8 Å². The number of thiophene rings is 1. The number of rotatable bonds is 3. The third kappa shape index (κ3) is 2.59. The quantitative estimate of drug-likeness (QED) is 0.775. The van der Waals surface area contributed by atoms with Gasteiger partial charge in [0.05, 0.1) is 0 Å². The van der Waals surface area contributed by atoms with Crippen molar-refractivity contribution >= 4 is 18.7 Å². The lowest BCUT2D eigenvalue weighted by Gasteiger charge is -1.99. The molecule has 2 aromatic rings. The van der Waals surface area contributed by atoms with Crippen molar-refractivity contribution in [2.75, 3.05) is 0 Å². The average molecular weight is 220 g/mol. The molecule has 0 radical (unpaired) electrons. The van der Waals surface area contributed by atoms with Crippen molar-refractivity contribution in [2.24, 2.45) is 0 Å². The van der Waals surface area contributed by atoms with E-state index in [9.17, 15) is 0 Å². The third-order valence-electron chi connectivity index (χ3n) is 1.86. The first-order valence-electron chi connectivity index (χ1n) is 4.44. The van der Waals surface area contributed by atoms with Gasteiger partial charge in [-0.05, 0) is 17.7 Å². The van der Waals surface area contributed by atoms with Gasteiger partial charge in [0, 0.05) is 4.88 Å². The van der Waals surface area contributed by atoms with Crippen LogP contribution >= 0.6 is 11.3 Å². The molecular weight excluding hydrogens is 211 g/mol. The molecular formula is C10H9BO3S. The molecule has 15 heavy (non-hydrogen) atoms. The Morgan fingerprint density at radius 2 is 1.73 bits per heavy atom. The van der Waals surface area contributed by atoms with Gasteiger partial charge in [0.25, 0.3) is 0 Å². The van der Waals surface area contributed by atoms with Gasteiger partial charge in [-0.1, -0.05) is 30.3 Å². The first-order chi connectivity index (χ1) is 7.25. The molecule has 2 rings (SSSR count). The maximum absolute atomic E-state index is 8.63. The standard InChI is InChI=1S/C10H9BO3S/c12-11(13)14-10-7-6-9(15-10)8-4-2-1-3-5-8/h1-7,12-13H. The van der Waals surface area contributed by atoms with Crippen LogP contribution in [0.5, 0.6) is 5.06 Å². The monoisotopic (exact) mass is 220 g/mol. The van der Waals surface area contributed by atoms with Gasteiger partial charge in [-0.3, -0.25) is 0 Å². The van der Waals surface area contributed by atoms with E-state index in [4.69, 9.17) is 14.7 Å². The minimum Gasteiger partial charge on any atom is -0.504 e. The second-order valence-corrected chi connectivity index (χ2v) is 3.98. The van der Waals surface area contributed by atoms with Crippen LogP contribution in [0.15, 0.2) is 42.5 Å². The van der Waals surface area contributed by atoms with Crippen LogP contribution in [0, 0.1) is 0 Å². The highest BCUT2D eigenvalue weighted by atomic mass is 32.1. The Morgan fingerprint density at radius 1 is 1.00 bits per heavy atom. The third-order valence-corrected chi connectivity index (χ3v) is 2.89. The Balaban J connectivity index is 2.21. The maximum atomic E-state index is 8.63. The number of hydrogen-bond acceptors (Lipinski definition) is 4. The second-order valence-electron chi connectivity index (χ2n) is 2.93. The lowest BCUT2D eigenvalue weighted by atomic mass is 10.2. The smallest absolute Gasteiger partial charge is 0.504 e. The van der Waals surface area contributed by atoms with Gasteiger partial charge in [0.2, 0.25) is 0 Å². The predicted molar refractivity (Wildman–Crippen MR) is 60.6 cm³/mol. The van der Waals surface area contributed by atoms with Crippen LogP contribution in [0.25, 0.3) is 10.4 Å². The van der Waals surface area contributed by atoms with Crippen LogP contribution in [0.2, 0.25) is 0 Å². The summed E-state index contributed by atoms with van der Waals surface area (Å²) in [6, 6.07) is 13.4. The van der Waals surface area contributed by atoms with Gasteiger partial charge in [-0.25, -0.2) is 0 Å². The van der Waals surface area contributed by atoms with Crippen molar-refractivity contribution < 1.29 is 14.7 Å². The lowest BCUT2D eigenvalue weighted by Crippen LogP contribution is -2.19. The Hall–Kier alpha value is -1.30. The Bertz CT molecular complexity index is 427. The van der Waals surface area contributed by atoms with Gasteiger partial charge in [-0.15, -0.1) is 11.3 Å². The van der Waals surface area contributed by atoms with Gasteiger partial charge < -0.3 is 14.7 Å². The summed E-state index contributed by atoms with van der Waals surface area (Å²) in [6.07, 6.45) is 0. The highest BCUT2D eigenvalue weighted by Gasteiger charge is 2.12. The molecule has 5 heteroatoms. The van der Waals surface area contributed by atoms with Crippen LogP contribution < -0.4 is 4.65 Å². The molecule has 0 fully saturated rings. The normalized spacial score (nSPS) is 10.0. The SMILES string of the molecule is OB(O)Oc1ccc(-c2ccccc2)s1. The fraction of sp³-hybridized carbons (Fsp3) is 0. The summed E-state index contributed by atoms with van der Waals surface area (Å²) in [6.45, 7) is 0. The Kier molecular flexibility index (Phi) is 3.06. The molecule has 1 heterocycles. The highest BCUT2D eigenvalue weighted by Crippen LogP contribution is 2.32. The topological polar surface area (TPSA) is 49.7 Å². The molecule has 0 aliphatic carbocycles. The fourth-order valence-electron chi connectivity index (χ4n) is 1.24. The van der Waals surface area contributed by atoms with E-state index >= 15 is 0 Å². The summed E-state index contributed by atoms with van der Waals surface area (Å²) in [5.74, 6) is 0. The first kappa shape index (κ1) is 10.2. The summed E-state index contributed by atoms with van der Waals surface area (Å²) in [5.41, 5.74) is 1.09. The van der Waals surface area contributed by atoms with E-state index < -0.39 is 7.32 Å². The molecule has 0 aliphatic rings. The summed E-state index contributed by atoms with van der Waals surface area (Å²) >= 11 is 1.37. The highest BCUT2D eigenvalue weighted by molar-refractivity contribution is 7.17. The van der Waals surface area contributed by atoms with Crippen LogP contribution in [0.1, 0.15) is 0 Å². The van der Waals surface area contributed by atoms with Gasteiger partial charge in [0.1, 0.15) is 0 Å². The summed E-state index contributed by atoms with van der Waals surface area (Å²) in [4.78, 5) is 1.03. The molecule has 0 spiro atoms. The minimum absolute atomic E-state index is 0.490. The molecule has 0 unspecified atom stereocenters. The van der Waals surface area contributed by atoms with Crippen molar-refractivity contribution in [1.29, 1.82) is 0 Å². The Morgan fingerprint density at radius 3 is 2.40 bits per heavy atom. The van der Waals surface area contributed by atoms with Crippen LogP contribution in [-0.2, 0) is 0 Å². The second kappa shape index (κ2) is 4.48. The summed E-state index contributed by atoms with van der Waals surface area (Å²) in [5, 5.41) is 17.7. The van der Waals surface area contributed by atoms with Crippen LogP contribution in [0.3, 0.4) is 0 Å². The van der Waals surface area contributed by atoms with Crippen molar-refractivity contribution in [3.05, 3.63) is 42.5 Å². The van der Waals surface area contributed by atoms with Crippen molar-refractivity contribution in [1.82, 2.24) is 0 Å². The lowest BCUT2D eigenvalue weighted by molar-refractivity contribution is 0.292. The van der Waals surface area contributed by atoms with Crippen molar-refractivity contribution in [2.45, 2.75) is 0 Å². The van der Waals surface area contributed by atoms with Crippen molar-refractivity contribution in [3.8, 4) is 15.5 Å². The van der Waals surface area contributed by atoms with Crippen molar-refractivity contribution in [3.63, 3.8) is 0 Å². The van der Waals surface area contributed by atoms with Crippen LogP contribution in [-0.4, -0.2) is 17.4 Å². The predicted octanol–water partition coefficient (Wildman–Crippen LogP) is 1.76. The molecule has 0 saturated carbocycles. The molecule has 0 bridgehead atoms. The molecule has 76 valence electrons. The molecule has 0 saturated heterocycles. The van der Waals surface area contributed by atoms with Gasteiger partial charge in [-0.2, -0.15) is 0 Å². The molecule has 1 aromatic carbocycles. The van der Waals surface area contributed by atoms with Gasteiger partial charge >= 0.3 is 7.32 Å².